The maximum Gasteiger partial charge on any atom is 0.221 e. The number of aliphatic hydroxyl groups excluding tert-OH is 1. The summed E-state index contributed by atoms with van der Waals surface area (Å²) in [5.41, 5.74) is 1.49. The first-order valence-electron chi connectivity index (χ1n) is 14.4. The van der Waals surface area contributed by atoms with Crippen LogP contribution in [0.2, 0.25) is 0 Å². The Labute approximate surface area is 209 Å². The number of likely N-dealkylation sites (tertiary alicyclic amines) is 1. The summed E-state index contributed by atoms with van der Waals surface area (Å²) in [6.45, 7) is 5.44. The summed E-state index contributed by atoms with van der Waals surface area (Å²) in [5, 5.41) is 12.9. The van der Waals surface area contributed by atoms with Gasteiger partial charge in [-0.2, -0.15) is 0 Å². The van der Waals surface area contributed by atoms with Gasteiger partial charge in [-0.15, -0.1) is 0 Å². The van der Waals surface area contributed by atoms with Crippen LogP contribution in [0.4, 0.5) is 0 Å². The van der Waals surface area contributed by atoms with Gasteiger partial charge in [0, 0.05) is 19.4 Å². The molecule has 1 amide bonds. The molecule has 1 aliphatic heterocycles. The molecule has 2 unspecified atom stereocenters. The number of nitrogens with one attached hydrogen (secondary N) is 1. The zero-order chi connectivity index (χ0) is 24.3. The van der Waals surface area contributed by atoms with Crippen LogP contribution in [0.1, 0.15) is 115 Å². The van der Waals surface area contributed by atoms with Crippen molar-refractivity contribution in [1.29, 1.82) is 0 Å². The summed E-state index contributed by atoms with van der Waals surface area (Å²) in [6, 6.07) is 11.0. The Bertz CT molecular complexity index is 615. The molecule has 1 saturated heterocycles. The van der Waals surface area contributed by atoms with Gasteiger partial charge < -0.3 is 15.3 Å². The summed E-state index contributed by atoms with van der Waals surface area (Å²) < 4.78 is 0. The first-order valence-corrected chi connectivity index (χ1v) is 14.4. The van der Waals surface area contributed by atoms with Crippen molar-refractivity contribution >= 4 is 5.91 Å². The highest BCUT2D eigenvalue weighted by Crippen LogP contribution is 2.22. The van der Waals surface area contributed by atoms with E-state index >= 15 is 0 Å². The first-order chi connectivity index (χ1) is 16.7. The lowest BCUT2D eigenvalue weighted by atomic mass is 9.89. The average molecular weight is 473 g/mol. The van der Waals surface area contributed by atoms with E-state index in [2.05, 4.69) is 47.5 Å². The third kappa shape index (κ3) is 14.1. The highest BCUT2D eigenvalue weighted by molar-refractivity contribution is 5.75. The Morgan fingerprint density at radius 2 is 1.53 bits per heavy atom. The molecule has 0 aromatic heterocycles. The first kappa shape index (κ1) is 28.8. The van der Waals surface area contributed by atoms with Gasteiger partial charge in [-0.1, -0.05) is 108 Å². The van der Waals surface area contributed by atoms with E-state index in [0.29, 0.717) is 12.8 Å². The minimum atomic E-state index is -0.697. The zero-order valence-electron chi connectivity index (χ0n) is 22.0. The second-order valence-electron chi connectivity index (χ2n) is 10.5. The molecule has 1 heterocycles. The third-order valence-electron chi connectivity index (χ3n) is 7.34. The van der Waals surface area contributed by atoms with Crippen molar-refractivity contribution in [2.24, 2.45) is 5.92 Å². The Kier molecular flexibility index (Phi) is 16.0. The lowest BCUT2D eigenvalue weighted by Crippen LogP contribution is -2.39. The van der Waals surface area contributed by atoms with E-state index < -0.39 is 6.23 Å². The number of hydrogen-bond donors (Lipinski definition) is 2. The number of hydrogen-bond acceptors (Lipinski definition) is 3. The number of rotatable bonds is 19. The van der Waals surface area contributed by atoms with Gasteiger partial charge in [-0.25, -0.2) is 0 Å². The monoisotopic (exact) mass is 472 g/mol. The van der Waals surface area contributed by atoms with E-state index in [1.54, 1.807) is 0 Å². The number of amides is 1. The van der Waals surface area contributed by atoms with Gasteiger partial charge in [0.05, 0.1) is 0 Å². The van der Waals surface area contributed by atoms with Gasteiger partial charge in [0.15, 0.2) is 0 Å². The quantitative estimate of drug-likeness (QED) is 0.171. The molecule has 2 rings (SSSR count). The maximum absolute atomic E-state index is 12.1. The van der Waals surface area contributed by atoms with Crippen molar-refractivity contribution in [2.75, 3.05) is 19.6 Å². The maximum atomic E-state index is 12.1. The Morgan fingerprint density at radius 1 is 0.882 bits per heavy atom. The molecule has 4 heteroatoms. The topological polar surface area (TPSA) is 52.6 Å². The van der Waals surface area contributed by atoms with Gasteiger partial charge >= 0.3 is 0 Å². The molecule has 0 bridgehead atoms. The molecule has 1 aliphatic rings. The van der Waals surface area contributed by atoms with E-state index in [0.717, 1.165) is 38.4 Å². The van der Waals surface area contributed by atoms with Crippen LogP contribution >= 0.6 is 0 Å². The lowest BCUT2D eigenvalue weighted by molar-refractivity contribution is -0.124. The van der Waals surface area contributed by atoms with Crippen molar-refractivity contribution in [2.45, 2.75) is 122 Å². The van der Waals surface area contributed by atoms with E-state index in [1.807, 2.05) is 0 Å². The van der Waals surface area contributed by atoms with Crippen molar-refractivity contribution in [3.63, 3.8) is 0 Å². The van der Waals surface area contributed by atoms with Crippen LogP contribution in [0.5, 0.6) is 0 Å². The number of unbranched alkanes of at least 4 members (excludes halogenated alkanes) is 7. The summed E-state index contributed by atoms with van der Waals surface area (Å²) in [4.78, 5) is 14.5. The summed E-state index contributed by atoms with van der Waals surface area (Å²) >= 11 is 0. The van der Waals surface area contributed by atoms with Gasteiger partial charge in [-0.3, -0.25) is 4.79 Å². The Balaban J connectivity index is 1.43. The molecule has 1 fully saturated rings. The minimum absolute atomic E-state index is 0.00248. The predicted octanol–water partition coefficient (Wildman–Crippen LogP) is 6.86. The van der Waals surface area contributed by atoms with Gasteiger partial charge in [0.25, 0.3) is 0 Å². The molecule has 1 aromatic carbocycles. The summed E-state index contributed by atoms with van der Waals surface area (Å²) in [6.07, 6.45) is 19.4. The smallest absolute Gasteiger partial charge is 0.221 e. The third-order valence-corrected chi connectivity index (χ3v) is 7.34. The zero-order valence-corrected chi connectivity index (χ0v) is 22.0. The van der Waals surface area contributed by atoms with Crippen LogP contribution in [0.25, 0.3) is 0 Å². The molecule has 34 heavy (non-hydrogen) atoms. The largest absolute Gasteiger partial charge is 0.374 e. The molecule has 0 aliphatic carbocycles. The molecule has 2 atom stereocenters. The number of carbonyl (C=O) groups excluding carboxylic acids is 1. The van der Waals surface area contributed by atoms with E-state index in [-0.39, 0.29) is 5.91 Å². The highest BCUT2D eigenvalue weighted by atomic mass is 16.3. The number of benzene rings is 1. The van der Waals surface area contributed by atoms with Crippen molar-refractivity contribution in [3.05, 3.63) is 35.9 Å². The van der Waals surface area contributed by atoms with Crippen LogP contribution < -0.4 is 5.32 Å². The van der Waals surface area contributed by atoms with Crippen LogP contribution in [0.3, 0.4) is 0 Å². The van der Waals surface area contributed by atoms with E-state index in [9.17, 15) is 9.90 Å². The molecule has 0 spiro atoms. The molecular formula is C30H52N2O2. The standard InChI is InChI=1S/C30H52N2O2/c1-2-3-17-27(26-28-19-12-9-13-20-28)18-11-7-5-4-6-8-14-21-29(33)31-30(34)22-25-32-23-15-10-16-24-32/h9,12-13,19-20,27,30,34H,2-8,10-11,14-18,21-26H2,1H3,(H,31,33). The molecule has 4 nitrogen and oxygen atoms in total. The predicted molar refractivity (Wildman–Crippen MR) is 144 cm³/mol. The lowest BCUT2D eigenvalue weighted by Gasteiger charge is -2.27. The molecule has 1 aromatic rings. The van der Waals surface area contributed by atoms with Gasteiger partial charge in [0.1, 0.15) is 6.23 Å². The fourth-order valence-corrected chi connectivity index (χ4v) is 5.21. The molecule has 194 valence electrons. The average Bonchev–Trinajstić information content (AvgIpc) is 2.86. The SMILES string of the molecule is CCCCC(CCCCCCCCCC(=O)NC(O)CCN1CCCCC1)Cc1ccccc1. The second-order valence-corrected chi connectivity index (χ2v) is 10.5. The number of carbonyl (C=O) groups is 1. The van der Waals surface area contributed by atoms with Crippen molar-refractivity contribution in [3.8, 4) is 0 Å². The molecule has 0 radical (unpaired) electrons. The van der Waals surface area contributed by atoms with Crippen molar-refractivity contribution < 1.29 is 9.90 Å². The normalized spacial score (nSPS) is 16.3. The fraction of sp³-hybridized carbons (Fsp3) is 0.767. The van der Waals surface area contributed by atoms with Crippen LogP contribution in [-0.2, 0) is 11.2 Å². The van der Waals surface area contributed by atoms with Crippen LogP contribution in [0.15, 0.2) is 30.3 Å². The molecular weight excluding hydrogens is 420 g/mol. The Morgan fingerprint density at radius 3 is 2.24 bits per heavy atom. The van der Waals surface area contributed by atoms with Crippen molar-refractivity contribution in [1.82, 2.24) is 10.2 Å². The van der Waals surface area contributed by atoms with Crippen LogP contribution in [-0.4, -0.2) is 41.8 Å². The highest BCUT2D eigenvalue weighted by Gasteiger charge is 2.14. The van der Waals surface area contributed by atoms with Gasteiger partial charge in [-0.05, 0) is 50.3 Å². The molecule has 2 N–H and O–H groups in total. The number of aliphatic hydroxyl groups is 1. The second kappa shape index (κ2) is 18.9. The summed E-state index contributed by atoms with van der Waals surface area (Å²) in [7, 11) is 0. The molecule has 0 saturated carbocycles. The summed E-state index contributed by atoms with van der Waals surface area (Å²) in [5.74, 6) is 0.832. The number of nitrogens with zero attached hydrogens (tertiary/aromatic N) is 1. The number of piperidine rings is 1. The fourth-order valence-electron chi connectivity index (χ4n) is 5.21. The van der Waals surface area contributed by atoms with Crippen LogP contribution in [0, 0.1) is 5.92 Å². The Hall–Kier alpha value is -1.39. The van der Waals surface area contributed by atoms with E-state index in [1.165, 1.54) is 89.0 Å². The van der Waals surface area contributed by atoms with E-state index in [4.69, 9.17) is 0 Å². The van der Waals surface area contributed by atoms with Gasteiger partial charge in [0.2, 0.25) is 5.91 Å². The minimum Gasteiger partial charge on any atom is -0.374 e.